The second-order valence-corrected chi connectivity index (χ2v) is 11.6. The van der Waals surface area contributed by atoms with Gasteiger partial charge in [0.05, 0.1) is 4.34 Å². The third kappa shape index (κ3) is 4.16. The van der Waals surface area contributed by atoms with Gasteiger partial charge < -0.3 is 4.90 Å². The van der Waals surface area contributed by atoms with Crippen molar-refractivity contribution in [2.75, 3.05) is 31.1 Å². The zero-order chi connectivity index (χ0) is 18.2. The monoisotopic (exact) mass is 420 g/mol. The Morgan fingerprint density at radius 2 is 1.92 bits per heavy atom. The molecule has 0 spiro atoms. The van der Waals surface area contributed by atoms with Crippen molar-refractivity contribution in [3.63, 3.8) is 0 Å². The summed E-state index contributed by atoms with van der Waals surface area (Å²) in [7, 11) is -3.48. The molecule has 0 aliphatic carbocycles. The summed E-state index contributed by atoms with van der Waals surface area (Å²) in [6, 6.07) is 3.20. The molecule has 0 radical (unpaired) electrons. The van der Waals surface area contributed by atoms with E-state index in [4.69, 9.17) is 11.6 Å². The highest BCUT2D eigenvalue weighted by Crippen LogP contribution is 2.30. The van der Waals surface area contributed by atoms with E-state index < -0.39 is 10.0 Å². The SMILES string of the molecule is CC(C)(C)c1nsc(N2CCCN(S(=O)(=O)c3ccc(Cl)s3)CC2)n1. The van der Waals surface area contributed by atoms with Crippen LogP contribution in [0.4, 0.5) is 5.13 Å². The summed E-state index contributed by atoms with van der Waals surface area (Å²) in [4.78, 5) is 6.77. The van der Waals surface area contributed by atoms with E-state index in [9.17, 15) is 8.42 Å². The molecule has 0 atom stereocenters. The number of halogens is 1. The Balaban J connectivity index is 1.73. The van der Waals surface area contributed by atoms with Crippen LogP contribution in [0, 0.1) is 0 Å². The topological polar surface area (TPSA) is 66.4 Å². The third-order valence-corrected chi connectivity index (χ3v) is 8.33. The van der Waals surface area contributed by atoms with E-state index in [0.29, 0.717) is 28.2 Å². The molecule has 0 amide bonds. The lowest BCUT2D eigenvalue weighted by molar-refractivity contribution is 0.434. The molecule has 10 heteroatoms. The first-order valence-corrected chi connectivity index (χ1v) is 11.4. The number of anilines is 1. The van der Waals surface area contributed by atoms with Crippen LogP contribution in [-0.2, 0) is 15.4 Å². The average molecular weight is 421 g/mol. The average Bonchev–Trinajstić information content (AvgIpc) is 3.11. The molecule has 0 N–H and O–H groups in total. The fourth-order valence-electron chi connectivity index (χ4n) is 2.54. The van der Waals surface area contributed by atoms with Gasteiger partial charge in [-0.2, -0.15) is 8.68 Å². The Bertz CT molecular complexity index is 841. The Morgan fingerprint density at radius 1 is 1.16 bits per heavy atom. The van der Waals surface area contributed by atoms with E-state index in [2.05, 4.69) is 35.0 Å². The van der Waals surface area contributed by atoms with Crippen molar-refractivity contribution in [1.29, 1.82) is 0 Å². The van der Waals surface area contributed by atoms with Gasteiger partial charge >= 0.3 is 0 Å². The lowest BCUT2D eigenvalue weighted by Crippen LogP contribution is -2.34. The Morgan fingerprint density at radius 3 is 2.52 bits per heavy atom. The molecule has 0 unspecified atom stereocenters. The Labute approximate surface area is 161 Å². The molecule has 2 aromatic rings. The Kier molecular flexibility index (Phi) is 5.41. The van der Waals surface area contributed by atoms with Crippen LogP contribution in [0.3, 0.4) is 0 Å². The van der Waals surface area contributed by atoms with Crippen molar-refractivity contribution < 1.29 is 8.42 Å². The minimum absolute atomic E-state index is 0.0889. The summed E-state index contributed by atoms with van der Waals surface area (Å²) in [5.41, 5.74) is -0.0889. The van der Waals surface area contributed by atoms with E-state index in [1.165, 1.54) is 11.5 Å². The van der Waals surface area contributed by atoms with E-state index in [1.54, 1.807) is 16.4 Å². The normalized spacial score (nSPS) is 17.7. The first kappa shape index (κ1) is 19.0. The number of thiophene rings is 1. The molecule has 0 aromatic carbocycles. The zero-order valence-corrected chi connectivity index (χ0v) is 17.6. The van der Waals surface area contributed by atoms with Crippen LogP contribution in [0.1, 0.15) is 33.0 Å². The van der Waals surface area contributed by atoms with Gasteiger partial charge in [-0.25, -0.2) is 13.4 Å². The third-order valence-electron chi connectivity index (χ3n) is 3.95. The maximum atomic E-state index is 12.8. The summed E-state index contributed by atoms with van der Waals surface area (Å²) >= 11 is 8.38. The summed E-state index contributed by atoms with van der Waals surface area (Å²) in [5, 5.41) is 0.864. The molecule has 1 aliphatic heterocycles. The molecule has 25 heavy (non-hydrogen) atoms. The summed E-state index contributed by atoms with van der Waals surface area (Å²) in [5.74, 6) is 0.828. The van der Waals surface area contributed by atoms with Gasteiger partial charge in [-0.3, -0.25) is 0 Å². The summed E-state index contributed by atoms with van der Waals surface area (Å²) < 4.78 is 32.3. The molecule has 2 aromatic heterocycles. The maximum Gasteiger partial charge on any atom is 0.252 e. The van der Waals surface area contributed by atoms with Gasteiger partial charge in [-0.05, 0) is 18.6 Å². The van der Waals surface area contributed by atoms with Crippen molar-refractivity contribution in [3.05, 3.63) is 22.3 Å². The molecule has 1 fully saturated rings. The van der Waals surface area contributed by atoms with E-state index >= 15 is 0 Å². The quantitative estimate of drug-likeness (QED) is 0.760. The molecule has 3 heterocycles. The summed E-state index contributed by atoms with van der Waals surface area (Å²) in [6.07, 6.45) is 0.753. The van der Waals surface area contributed by atoms with Crippen molar-refractivity contribution >= 4 is 49.6 Å². The Hall–Kier alpha value is -0.740. The second-order valence-electron chi connectivity index (χ2n) is 6.95. The predicted molar refractivity (Wildman–Crippen MR) is 104 cm³/mol. The van der Waals surface area contributed by atoms with Gasteiger partial charge in [0.25, 0.3) is 10.0 Å². The molecule has 1 aliphatic rings. The highest BCUT2D eigenvalue weighted by molar-refractivity contribution is 7.91. The maximum absolute atomic E-state index is 12.8. The van der Waals surface area contributed by atoms with Gasteiger partial charge in [-0.1, -0.05) is 32.4 Å². The number of sulfonamides is 1. The van der Waals surface area contributed by atoms with Gasteiger partial charge in [0, 0.05) is 43.1 Å². The van der Waals surface area contributed by atoms with Crippen molar-refractivity contribution in [3.8, 4) is 0 Å². The molecule has 6 nitrogen and oxygen atoms in total. The summed E-state index contributed by atoms with van der Waals surface area (Å²) in [6.45, 7) is 8.57. The van der Waals surface area contributed by atoms with Crippen LogP contribution in [-0.4, -0.2) is 48.3 Å². The number of hydrogen-bond acceptors (Lipinski definition) is 7. The largest absolute Gasteiger partial charge is 0.345 e. The molecule has 138 valence electrons. The van der Waals surface area contributed by atoms with Crippen LogP contribution in [0.25, 0.3) is 0 Å². The molecule has 0 bridgehead atoms. The fraction of sp³-hybridized carbons (Fsp3) is 0.600. The van der Waals surface area contributed by atoms with E-state index in [1.807, 2.05) is 0 Å². The lowest BCUT2D eigenvalue weighted by atomic mass is 9.96. The predicted octanol–water partition coefficient (Wildman–Crippen LogP) is 3.45. The van der Waals surface area contributed by atoms with Crippen molar-refractivity contribution in [1.82, 2.24) is 13.7 Å². The highest BCUT2D eigenvalue weighted by atomic mass is 35.5. The molecule has 1 saturated heterocycles. The molecular formula is C15H21ClN4O2S3. The highest BCUT2D eigenvalue weighted by Gasteiger charge is 2.29. The van der Waals surface area contributed by atoms with Gasteiger partial charge in [0.15, 0.2) is 0 Å². The first-order valence-electron chi connectivity index (χ1n) is 8.02. The molecular weight excluding hydrogens is 400 g/mol. The first-order chi connectivity index (χ1) is 11.7. The molecule has 3 rings (SSSR count). The van der Waals surface area contributed by atoms with E-state index in [0.717, 1.165) is 35.3 Å². The van der Waals surface area contributed by atoms with Gasteiger partial charge in [0.1, 0.15) is 10.0 Å². The minimum atomic E-state index is -3.48. The number of rotatable bonds is 3. The van der Waals surface area contributed by atoms with Crippen LogP contribution >= 0.6 is 34.5 Å². The van der Waals surface area contributed by atoms with Crippen LogP contribution in [0.15, 0.2) is 16.3 Å². The zero-order valence-electron chi connectivity index (χ0n) is 14.4. The lowest BCUT2D eigenvalue weighted by Gasteiger charge is -2.20. The number of aromatic nitrogens is 2. The van der Waals surface area contributed by atoms with Crippen LogP contribution in [0.5, 0.6) is 0 Å². The van der Waals surface area contributed by atoms with Crippen molar-refractivity contribution in [2.24, 2.45) is 0 Å². The fourth-order valence-corrected chi connectivity index (χ4v) is 6.55. The van der Waals surface area contributed by atoms with Gasteiger partial charge in [0.2, 0.25) is 5.13 Å². The number of nitrogens with zero attached hydrogens (tertiary/aromatic N) is 4. The van der Waals surface area contributed by atoms with Gasteiger partial charge in [-0.15, -0.1) is 11.3 Å². The van der Waals surface area contributed by atoms with Crippen LogP contribution < -0.4 is 4.90 Å². The standard InChI is InChI=1S/C15H21ClN4O2S3/c1-15(2,3)13-17-14(24-18-13)19-7-4-8-20(10-9-19)25(21,22)12-6-5-11(16)23-12/h5-6H,4,7-10H2,1-3H3. The second kappa shape index (κ2) is 7.11. The minimum Gasteiger partial charge on any atom is -0.345 e. The van der Waals surface area contributed by atoms with Crippen LogP contribution in [0.2, 0.25) is 4.34 Å². The molecule has 0 saturated carbocycles. The van der Waals surface area contributed by atoms with Crippen molar-refractivity contribution in [2.45, 2.75) is 36.8 Å². The number of hydrogen-bond donors (Lipinski definition) is 0. The smallest absolute Gasteiger partial charge is 0.252 e. The van der Waals surface area contributed by atoms with E-state index in [-0.39, 0.29) is 5.41 Å².